The van der Waals surface area contributed by atoms with Crippen LogP contribution in [-0.2, 0) is 13.5 Å². The van der Waals surface area contributed by atoms with Crippen LogP contribution in [0.25, 0.3) is 0 Å². The second kappa shape index (κ2) is 5.12. The molecule has 21 heavy (non-hydrogen) atoms. The van der Waals surface area contributed by atoms with Gasteiger partial charge in [-0.3, -0.25) is 14.9 Å². The molecule has 1 amide bonds. The zero-order chi connectivity index (χ0) is 15.0. The zero-order valence-corrected chi connectivity index (χ0v) is 12.0. The Bertz CT molecular complexity index is 752. The largest absolute Gasteiger partial charge is 0.315 e. The highest BCUT2D eigenvalue weighted by atomic mass is 16.2. The van der Waals surface area contributed by atoms with E-state index in [1.807, 2.05) is 0 Å². The van der Waals surface area contributed by atoms with E-state index in [1.165, 1.54) is 12.4 Å². The molecular formula is C15H16N4O2. The van der Waals surface area contributed by atoms with Crippen molar-refractivity contribution in [1.29, 1.82) is 0 Å². The van der Waals surface area contributed by atoms with Crippen LogP contribution in [0.1, 0.15) is 40.9 Å². The smallest absolute Gasteiger partial charge is 0.263 e. The summed E-state index contributed by atoms with van der Waals surface area (Å²) in [6.07, 6.45) is 4.96. The summed E-state index contributed by atoms with van der Waals surface area (Å²) in [6.45, 7) is 2.11. The van der Waals surface area contributed by atoms with Crippen LogP contribution < -0.4 is 10.9 Å². The number of amides is 1. The number of aromatic nitrogens is 3. The number of pyridine rings is 1. The average Bonchev–Trinajstić information content (AvgIpc) is 2.85. The molecule has 0 fully saturated rings. The lowest BCUT2D eigenvalue weighted by Gasteiger charge is -2.11. The van der Waals surface area contributed by atoms with Gasteiger partial charge in [0, 0.05) is 25.1 Å². The minimum atomic E-state index is -0.469. The number of carbonyl (C=O) groups is 1. The first-order valence-electron chi connectivity index (χ1n) is 6.89. The van der Waals surface area contributed by atoms with Crippen LogP contribution in [0, 0.1) is 0 Å². The van der Waals surface area contributed by atoms with Crippen molar-refractivity contribution in [3.8, 4) is 0 Å². The number of anilines is 1. The molecule has 0 radical (unpaired) electrons. The van der Waals surface area contributed by atoms with Gasteiger partial charge in [0.05, 0.1) is 0 Å². The number of fused-ring (bicyclic) bond motifs is 1. The van der Waals surface area contributed by atoms with Gasteiger partial charge < -0.3 is 4.57 Å². The monoisotopic (exact) mass is 284 g/mol. The van der Waals surface area contributed by atoms with Gasteiger partial charge in [-0.1, -0.05) is 6.92 Å². The highest BCUT2D eigenvalue weighted by Gasteiger charge is 2.25. The Balaban J connectivity index is 1.99. The summed E-state index contributed by atoms with van der Waals surface area (Å²) in [4.78, 5) is 32.5. The molecule has 1 aliphatic rings. The highest BCUT2D eigenvalue weighted by molar-refractivity contribution is 6.03. The Hall–Kier alpha value is -2.50. The number of hydrogen-bond acceptors (Lipinski definition) is 4. The van der Waals surface area contributed by atoms with E-state index in [0.29, 0.717) is 5.92 Å². The van der Waals surface area contributed by atoms with E-state index in [2.05, 4.69) is 22.2 Å². The molecule has 6 nitrogen and oxygen atoms in total. The number of nitrogens with zero attached hydrogens (tertiary/aromatic N) is 3. The Morgan fingerprint density at radius 3 is 2.81 bits per heavy atom. The van der Waals surface area contributed by atoms with Crippen LogP contribution in [0.2, 0.25) is 0 Å². The van der Waals surface area contributed by atoms with Gasteiger partial charge in [-0.15, -0.1) is 0 Å². The molecule has 0 saturated heterocycles. The van der Waals surface area contributed by atoms with Crippen molar-refractivity contribution in [1.82, 2.24) is 14.5 Å². The number of hydrogen-bond donors (Lipinski definition) is 1. The van der Waals surface area contributed by atoms with Crippen molar-refractivity contribution in [2.24, 2.45) is 7.05 Å². The minimum Gasteiger partial charge on any atom is -0.315 e. The predicted octanol–water partition coefficient (Wildman–Crippen LogP) is 1.48. The summed E-state index contributed by atoms with van der Waals surface area (Å²) in [7, 11) is 1.72. The normalized spacial score (nSPS) is 16.6. The maximum absolute atomic E-state index is 12.3. The standard InChI is InChI=1S/C15H16N4O2/c1-9-4-5-12-10(9)8-11(14(21)19(12)2)13(20)18-15-16-6-3-7-17-15/h3,6-9H,4-5H2,1-2H3,(H,16,17,18,20)/t9-/m0/s1. The fraction of sp³-hybridized carbons (Fsp3) is 0.333. The van der Waals surface area contributed by atoms with Crippen molar-refractivity contribution in [2.75, 3.05) is 5.32 Å². The summed E-state index contributed by atoms with van der Waals surface area (Å²) in [5, 5.41) is 2.56. The number of nitrogens with one attached hydrogen (secondary N) is 1. The first-order valence-corrected chi connectivity index (χ1v) is 6.89. The van der Waals surface area contributed by atoms with E-state index >= 15 is 0 Å². The number of carbonyl (C=O) groups excluding carboxylic acids is 1. The van der Waals surface area contributed by atoms with E-state index < -0.39 is 5.91 Å². The predicted molar refractivity (Wildman–Crippen MR) is 78.4 cm³/mol. The van der Waals surface area contributed by atoms with Gasteiger partial charge in [-0.25, -0.2) is 9.97 Å². The molecule has 3 rings (SSSR count). The van der Waals surface area contributed by atoms with E-state index in [1.54, 1.807) is 23.7 Å². The van der Waals surface area contributed by atoms with E-state index in [-0.39, 0.29) is 17.1 Å². The summed E-state index contributed by atoms with van der Waals surface area (Å²) >= 11 is 0. The molecule has 2 aromatic heterocycles. The van der Waals surface area contributed by atoms with Crippen molar-refractivity contribution in [3.05, 3.63) is 51.7 Å². The Morgan fingerprint density at radius 2 is 2.10 bits per heavy atom. The molecule has 2 heterocycles. The molecular weight excluding hydrogens is 268 g/mol. The Labute approximate surface area is 121 Å². The van der Waals surface area contributed by atoms with Crippen LogP contribution in [0.5, 0.6) is 0 Å². The molecule has 2 aromatic rings. The third kappa shape index (κ3) is 2.33. The lowest BCUT2D eigenvalue weighted by atomic mass is 10.0. The molecule has 0 aliphatic heterocycles. The average molecular weight is 284 g/mol. The van der Waals surface area contributed by atoms with Crippen LogP contribution in [0.3, 0.4) is 0 Å². The first kappa shape index (κ1) is 13.5. The van der Waals surface area contributed by atoms with Crippen molar-refractivity contribution < 1.29 is 4.79 Å². The van der Waals surface area contributed by atoms with Gasteiger partial charge in [0.2, 0.25) is 5.95 Å². The molecule has 0 unspecified atom stereocenters. The summed E-state index contributed by atoms with van der Waals surface area (Å²) in [5.41, 5.74) is 1.96. The van der Waals surface area contributed by atoms with Gasteiger partial charge in [-0.05, 0) is 36.5 Å². The topological polar surface area (TPSA) is 76.9 Å². The van der Waals surface area contributed by atoms with Gasteiger partial charge in [0.1, 0.15) is 5.56 Å². The maximum atomic E-state index is 12.3. The lowest BCUT2D eigenvalue weighted by molar-refractivity contribution is 0.102. The molecule has 108 valence electrons. The van der Waals surface area contributed by atoms with Crippen LogP contribution in [0.15, 0.2) is 29.3 Å². The minimum absolute atomic E-state index is 0.137. The second-order valence-electron chi connectivity index (χ2n) is 5.29. The lowest BCUT2D eigenvalue weighted by Crippen LogP contribution is -2.30. The van der Waals surface area contributed by atoms with Gasteiger partial charge in [0.15, 0.2) is 0 Å². The Kier molecular flexibility index (Phi) is 3.29. The molecule has 1 N–H and O–H groups in total. The maximum Gasteiger partial charge on any atom is 0.263 e. The van der Waals surface area contributed by atoms with Crippen LogP contribution in [-0.4, -0.2) is 20.4 Å². The fourth-order valence-corrected chi connectivity index (χ4v) is 2.74. The molecule has 0 saturated carbocycles. The van der Waals surface area contributed by atoms with E-state index in [4.69, 9.17) is 0 Å². The van der Waals surface area contributed by atoms with Crippen LogP contribution >= 0.6 is 0 Å². The van der Waals surface area contributed by atoms with Crippen LogP contribution in [0.4, 0.5) is 5.95 Å². The van der Waals surface area contributed by atoms with Crippen molar-refractivity contribution >= 4 is 11.9 Å². The summed E-state index contributed by atoms with van der Waals surface area (Å²) in [5.74, 6) is 0.0909. The molecule has 0 bridgehead atoms. The van der Waals surface area contributed by atoms with Crippen molar-refractivity contribution in [3.63, 3.8) is 0 Å². The third-order valence-corrected chi connectivity index (χ3v) is 3.95. The number of rotatable bonds is 2. The SMILES string of the molecule is C[C@H]1CCc2c1cc(C(=O)Nc1ncccn1)c(=O)n2C. The highest BCUT2D eigenvalue weighted by Crippen LogP contribution is 2.31. The quantitative estimate of drug-likeness (QED) is 0.906. The molecule has 1 atom stereocenters. The van der Waals surface area contributed by atoms with E-state index in [0.717, 1.165) is 24.1 Å². The second-order valence-corrected chi connectivity index (χ2v) is 5.29. The van der Waals surface area contributed by atoms with Gasteiger partial charge in [0.25, 0.3) is 11.5 Å². The molecule has 0 spiro atoms. The van der Waals surface area contributed by atoms with Crippen molar-refractivity contribution in [2.45, 2.75) is 25.7 Å². The molecule has 1 aliphatic carbocycles. The Morgan fingerprint density at radius 1 is 1.38 bits per heavy atom. The van der Waals surface area contributed by atoms with Gasteiger partial charge >= 0.3 is 0 Å². The third-order valence-electron chi connectivity index (χ3n) is 3.95. The summed E-state index contributed by atoms with van der Waals surface area (Å²) < 4.78 is 1.58. The fourth-order valence-electron chi connectivity index (χ4n) is 2.74. The zero-order valence-electron chi connectivity index (χ0n) is 12.0. The van der Waals surface area contributed by atoms with Gasteiger partial charge in [-0.2, -0.15) is 0 Å². The molecule has 0 aromatic carbocycles. The summed E-state index contributed by atoms with van der Waals surface area (Å²) in [6, 6.07) is 3.37. The first-order chi connectivity index (χ1) is 10.1. The molecule has 6 heteroatoms. The van der Waals surface area contributed by atoms with E-state index in [9.17, 15) is 9.59 Å².